The van der Waals surface area contributed by atoms with Crippen molar-refractivity contribution in [1.82, 2.24) is 5.32 Å². The van der Waals surface area contributed by atoms with E-state index < -0.39 is 0 Å². The van der Waals surface area contributed by atoms with Gasteiger partial charge >= 0.3 is 0 Å². The molecule has 1 aromatic carbocycles. The van der Waals surface area contributed by atoms with Crippen LogP contribution in [-0.4, -0.2) is 40.0 Å². The lowest BCUT2D eigenvalue weighted by atomic mass is 9.98. The van der Waals surface area contributed by atoms with E-state index >= 15 is 0 Å². The molecular formula is C17H27NO2. The molecule has 1 unspecified atom stereocenters. The maximum absolute atomic E-state index is 5.90. The zero-order valence-electron chi connectivity index (χ0n) is 12.7. The van der Waals surface area contributed by atoms with E-state index in [1.807, 2.05) is 0 Å². The molecule has 1 atom stereocenters. The van der Waals surface area contributed by atoms with Crippen molar-refractivity contribution >= 4 is 0 Å². The van der Waals surface area contributed by atoms with Gasteiger partial charge in [-0.05, 0) is 31.2 Å². The molecule has 2 rings (SSSR count). The summed E-state index contributed by atoms with van der Waals surface area (Å²) in [6.07, 6.45) is 2.70. The monoisotopic (exact) mass is 277 g/mol. The van der Waals surface area contributed by atoms with E-state index in [0.717, 1.165) is 38.8 Å². The van der Waals surface area contributed by atoms with Gasteiger partial charge in [-0.2, -0.15) is 0 Å². The fourth-order valence-corrected chi connectivity index (χ4v) is 2.31. The van der Waals surface area contributed by atoms with E-state index in [9.17, 15) is 0 Å². The Hall–Kier alpha value is -0.900. The highest BCUT2D eigenvalue weighted by atomic mass is 16.5. The highest BCUT2D eigenvalue weighted by molar-refractivity contribution is 5.25. The summed E-state index contributed by atoms with van der Waals surface area (Å²) < 4.78 is 11.0. The standard InChI is InChI=1S/C17H27NO2/c1-14-4-3-5-16(10-14)17(11-18-8-9-19-2)13-20-12-15-6-7-15/h3-5,10,15,17-18H,6-9,11-13H2,1-2H3. The lowest BCUT2D eigenvalue weighted by Gasteiger charge is -2.19. The molecule has 1 aliphatic rings. The Bertz CT molecular complexity index is 390. The SMILES string of the molecule is COCCNCC(COCC1CC1)c1cccc(C)c1. The van der Waals surface area contributed by atoms with Gasteiger partial charge in [-0.25, -0.2) is 0 Å². The Balaban J connectivity index is 1.83. The number of hydrogen-bond donors (Lipinski definition) is 1. The Labute approximate surface area is 122 Å². The fourth-order valence-electron chi connectivity index (χ4n) is 2.31. The third-order valence-corrected chi connectivity index (χ3v) is 3.76. The molecule has 0 aromatic heterocycles. The van der Waals surface area contributed by atoms with Crippen LogP contribution in [0.3, 0.4) is 0 Å². The molecule has 0 aliphatic heterocycles. The molecule has 0 spiro atoms. The van der Waals surface area contributed by atoms with Crippen molar-refractivity contribution in [2.24, 2.45) is 5.92 Å². The average molecular weight is 277 g/mol. The maximum Gasteiger partial charge on any atom is 0.0587 e. The van der Waals surface area contributed by atoms with Crippen LogP contribution in [-0.2, 0) is 9.47 Å². The van der Waals surface area contributed by atoms with E-state index in [0.29, 0.717) is 5.92 Å². The highest BCUT2D eigenvalue weighted by Gasteiger charge is 2.22. The van der Waals surface area contributed by atoms with E-state index in [1.54, 1.807) is 7.11 Å². The molecule has 1 N–H and O–H groups in total. The minimum Gasteiger partial charge on any atom is -0.383 e. The Kier molecular flexibility index (Phi) is 6.51. The minimum absolute atomic E-state index is 0.422. The van der Waals surface area contributed by atoms with Crippen LogP contribution in [0.2, 0.25) is 0 Å². The van der Waals surface area contributed by atoms with Gasteiger partial charge in [0.1, 0.15) is 0 Å². The first-order chi connectivity index (χ1) is 9.79. The van der Waals surface area contributed by atoms with Crippen LogP contribution in [0.1, 0.15) is 29.9 Å². The molecule has 3 nitrogen and oxygen atoms in total. The molecule has 0 radical (unpaired) electrons. The van der Waals surface area contributed by atoms with Gasteiger partial charge < -0.3 is 14.8 Å². The number of benzene rings is 1. The molecule has 0 heterocycles. The quantitative estimate of drug-likeness (QED) is 0.667. The molecule has 1 fully saturated rings. The maximum atomic E-state index is 5.90. The fraction of sp³-hybridized carbons (Fsp3) is 0.647. The van der Waals surface area contributed by atoms with Crippen LogP contribution < -0.4 is 5.32 Å². The number of aryl methyl sites for hydroxylation is 1. The minimum atomic E-state index is 0.422. The van der Waals surface area contributed by atoms with Gasteiger partial charge in [-0.1, -0.05) is 29.8 Å². The predicted molar refractivity (Wildman–Crippen MR) is 82.2 cm³/mol. The average Bonchev–Trinajstić information content (AvgIpc) is 3.25. The summed E-state index contributed by atoms with van der Waals surface area (Å²) in [7, 11) is 1.73. The molecule has 20 heavy (non-hydrogen) atoms. The first-order valence-corrected chi connectivity index (χ1v) is 7.63. The summed E-state index contributed by atoms with van der Waals surface area (Å²) >= 11 is 0. The van der Waals surface area contributed by atoms with Gasteiger partial charge in [0, 0.05) is 32.7 Å². The Morgan fingerprint density at radius 2 is 2.20 bits per heavy atom. The first kappa shape index (κ1) is 15.5. The van der Waals surface area contributed by atoms with Gasteiger partial charge in [-0.15, -0.1) is 0 Å². The molecule has 1 aliphatic carbocycles. The van der Waals surface area contributed by atoms with E-state index in [4.69, 9.17) is 9.47 Å². The summed E-state index contributed by atoms with van der Waals surface area (Å²) in [6.45, 7) is 6.46. The van der Waals surface area contributed by atoms with Crippen molar-refractivity contribution in [1.29, 1.82) is 0 Å². The molecule has 1 aromatic rings. The smallest absolute Gasteiger partial charge is 0.0587 e. The van der Waals surface area contributed by atoms with Gasteiger partial charge in [-0.3, -0.25) is 0 Å². The van der Waals surface area contributed by atoms with Crippen LogP contribution >= 0.6 is 0 Å². The van der Waals surface area contributed by atoms with Gasteiger partial charge in [0.2, 0.25) is 0 Å². The summed E-state index contributed by atoms with van der Waals surface area (Å²) in [5, 5.41) is 3.45. The third-order valence-electron chi connectivity index (χ3n) is 3.76. The highest BCUT2D eigenvalue weighted by Crippen LogP contribution is 2.29. The lowest BCUT2D eigenvalue weighted by Crippen LogP contribution is -2.27. The summed E-state index contributed by atoms with van der Waals surface area (Å²) in [6, 6.07) is 8.75. The zero-order chi connectivity index (χ0) is 14.2. The van der Waals surface area contributed by atoms with E-state index in [-0.39, 0.29) is 0 Å². The summed E-state index contributed by atoms with van der Waals surface area (Å²) in [5.74, 6) is 1.25. The Morgan fingerprint density at radius 1 is 1.35 bits per heavy atom. The van der Waals surface area contributed by atoms with Crippen LogP contribution in [0.25, 0.3) is 0 Å². The second-order valence-corrected chi connectivity index (χ2v) is 5.79. The van der Waals surface area contributed by atoms with Crippen LogP contribution in [0.15, 0.2) is 24.3 Å². The van der Waals surface area contributed by atoms with E-state index in [2.05, 4.69) is 36.5 Å². The second-order valence-electron chi connectivity index (χ2n) is 5.79. The number of rotatable bonds is 10. The largest absolute Gasteiger partial charge is 0.383 e. The molecule has 0 saturated heterocycles. The van der Waals surface area contributed by atoms with E-state index in [1.165, 1.54) is 24.0 Å². The van der Waals surface area contributed by atoms with Gasteiger partial charge in [0.25, 0.3) is 0 Å². The predicted octanol–water partition coefficient (Wildman–Crippen LogP) is 2.74. The normalized spacial score (nSPS) is 16.3. The van der Waals surface area contributed by atoms with Crippen molar-refractivity contribution < 1.29 is 9.47 Å². The summed E-state index contributed by atoms with van der Waals surface area (Å²) in [5.41, 5.74) is 2.68. The topological polar surface area (TPSA) is 30.5 Å². The van der Waals surface area contributed by atoms with Crippen molar-refractivity contribution in [3.05, 3.63) is 35.4 Å². The third kappa shape index (κ3) is 5.61. The molecule has 1 saturated carbocycles. The number of methoxy groups -OCH3 is 1. The van der Waals surface area contributed by atoms with Crippen LogP contribution in [0, 0.1) is 12.8 Å². The number of ether oxygens (including phenoxy) is 2. The van der Waals surface area contributed by atoms with Crippen molar-refractivity contribution in [3.63, 3.8) is 0 Å². The zero-order valence-corrected chi connectivity index (χ0v) is 12.7. The van der Waals surface area contributed by atoms with Crippen molar-refractivity contribution in [2.75, 3.05) is 40.0 Å². The molecule has 112 valence electrons. The number of hydrogen-bond acceptors (Lipinski definition) is 3. The van der Waals surface area contributed by atoms with Crippen molar-refractivity contribution in [2.45, 2.75) is 25.7 Å². The summed E-state index contributed by atoms with van der Waals surface area (Å²) in [4.78, 5) is 0. The van der Waals surface area contributed by atoms with Crippen LogP contribution in [0.5, 0.6) is 0 Å². The lowest BCUT2D eigenvalue weighted by molar-refractivity contribution is 0.109. The first-order valence-electron chi connectivity index (χ1n) is 7.63. The Morgan fingerprint density at radius 3 is 2.90 bits per heavy atom. The van der Waals surface area contributed by atoms with Crippen molar-refractivity contribution in [3.8, 4) is 0 Å². The second kappa shape index (κ2) is 8.40. The molecule has 0 bridgehead atoms. The van der Waals surface area contributed by atoms with Crippen LogP contribution in [0.4, 0.5) is 0 Å². The molecular weight excluding hydrogens is 250 g/mol. The number of nitrogens with one attached hydrogen (secondary N) is 1. The van der Waals surface area contributed by atoms with Gasteiger partial charge in [0.15, 0.2) is 0 Å². The molecule has 0 amide bonds. The molecule has 3 heteroatoms. The van der Waals surface area contributed by atoms with Gasteiger partial charge in [0.05, 0.1) is 13.2 Å².